The Bertz CT molecular complexity index is 399. The molecule has 0 aliphatic carbocycles. The second kappa shape index (κ2) is 5.31. The summed E-state index contributed by atoms with van der Waals surface area (Å²) in [6.45, 7) is 5.36. The average Bonchev–Trinajstić information content (AvgIpc) is 2.69. The summed E-state index contributed by atoms with van der Waals surface area (Å²) in [4.78, 5) is 11.0. The van der Waals surface area contributed by atoms with E-state index in [1.165, 1.54) is 0 Å². The molecule has 5 heteroatoms. The Labute approximate surface area is 110 Å². The molecule has 0 bridgehead atoms. The topological polar surface area (TPSA) is 49.2 Å². The van der Waals surface area contributed by atoms with E-state index >= 15 is 0 Å². The van der Waals surface area contributed by atoms with Crippen LogP contribution < -0.4 is 4.90 Å². The van der Waals surface area contributed by atoms with Crippen LogP contribution in [0.3, 0.4) is 0 Å². The number of rotatable bonds is 3. The van der Waals surface area contributed by atoms with Crippen molar-refractivity contribution in [1.82, 2.24) is 9.97 Å². The van der Waals surface area contributed by atoms with E-state index in [0.29, 0.717) is 5.92 Å². The van der Waals surface area contributed by atoms with Gasteiger partial charge in [0.2, 0.25) is 0 Å². The van der Waals surface area contributed by atoms with Crippen molar-refractivity contribution in [3.8, 4) is 0 Å². The Morgan fingerprint density at radius 2 is 2.29 bits per heavy atom. The second-order valence-corrected chi connectivity index (χ2v) is 5.34. The third-order valence-corrected chi connectivity index (χ3v) is 3.81. The number of aromatic nitrogens is 2. The highest BCUT2D eigenvalue weighted by molar-refractivity contribution is 9.10. The number of aliphatic hydroxyl groups excluding tert-OH is 1. The van der Waals surface area contributed by atoms with Crippen molar-refractivity contribution in [1.29, 1.82) is 0 Å². The molecule has 1 fully saturated rings. The van der Waals surface area contributed by atoms with Gasteiger partial charge in [0, 0.05) is 19.0 Å². The maximum Gasteiger partial charge on any atom is 0.133 e. The van der Waals surface area contributed by atoms with Crippen LogP contribution in [-0.2, 0) is 6.42 Å². The summed E-state index contributed by atoms with van der Waals surface area (Å²) < 4.78 is 0.815. The van der Waals surface area contributed by atoms with Crippen LogP contribution in [0.1, 0.15) is 26.1 Å². The molecule has 1 aromatic heterocycles. The van der Waals surface area contributed by atoms with Crippen LogP contribution in [0, 0.1) is 5.92 Å². The number of nitrogens with zero attached hydrogens (tertiary/aromatic N) is 3. The third kappa shape index (κ3) is 2.60. The molecule has 2 heterocycles. The van der Waals surface area contributed by atoms with E-state index in [0.717, 1.165) is 35.6 Å². The predicted molar refractivity (Wildman–Crippen MR) is 71.1 cm³/mol. The maximum atomic E-state index is 9.47. The molecule has 1 N–H and O–H groups in total. The summed E-state index contributed by atoms with van der Waals surface area (Å²) in [5.41, 5.74) is 0. The lowest BCUT2D eigenvalue weighted by atomic mass is 10.0. The molecule has 1 aliphatic rings. The van der Waals surface area contributed by atoms with Crippen LogP contribution >= 0.6 is 15.9 Å². The molecular formula is C12H18BrN3O. The fourth-order valence-electron chi connectivity index (χ4n) is 2.33. The number of anilines is 1. The molecule has 0 radical (unpaired) electrons. The standard InChI is InChI=1S/C12H18BrN3O/c1-3-11-14-10(13)6-12(15-11)16-5-4-8(2)9(16)7-17/h6,8-9,17H,3-5,7H2,1-2H3. The molecule has 1 aliphatic heterocycles. The Kier molecular flexibility index (Phi) is 3.99. The molecule has 0 aromatic carbocycles. The van der Waals surface area contributed by atoms with Gasteiger partial charge < -0.3 is 10.0 Å². The van der Waals surface area contributed by atoms with Crippen LogP contribution in [-0.4, -0.2) is 34.3 Å². The summed E-state index contributed by atoms with van der Waals surface area (Å²) in [5.74, 6) is 2.27. The van der Waals surface area contributed by atoms with Crippen molar-refractivity contribution in [3.05, 3.63) is 16.5 Å². The van der Waals surface area contributed by atoms with Crippen LogP contribution in [0.15, 0.2) is 10.7 Å². The van der Waals surface area contributed by atoms with E-state index < -0.39 is 0 Å². The molecule has 0 spiro atoms. The molecule has 2 rings (SSSR count). The molecule has 2 unspecified atom stereocenters. The van der Waals surface area contributed by atoms with Gasteiger partial charge in [0.1, 0.15) is 16.2 Å². The van der Waals surface area contributed by atoms with E-state index in [4.69, 9.17) is 0 Å². The van der Waals surface area contributed by atoms with Crippen molar-refractivity contribution in [2.24, 2.45) is 5.92 Å². The van der Waals surface area contributed by atoms with Gasteiger partial charge in [0.05, 0.1) is 12.6 Å². The van der Waals surface area contributed by atoms with Crippen molar-refractivity contribution < 1.29 is 5.11 Å². The quantitative estimate of drug-likeness (QED) is 0.868. The molecule has 1 aromatic rings. The van der Waals surface area contributed by atoms with E-state index in [-0.39, 0.29) is 12.6 Å². The van der Waals surface area contributed by atoms with Crippen molar-refractivity contribution in [2.45, 2.75) is 32.7 Å². The lowest BCUT2D eigenvalue weighted by molar-refractivity contribution is 0.244. The van der Waals surface area contributed by atoms with E-state index in [9.17, 15) is 5.11 Å². The molecule has 2 atom stereocenters. The van der Waals surface area contributed by atoms with Gasteiger partial charge in [-0.25, -0.2) is 9.97 Å². The lowest BCUT2D eigenvalue weighted by Crippen LogP contribution is -2.35. The van der Waals surface area contributed by atoms with Crippen molar-refractivity contribution in [2.75, 3.05) is 18.1 Å². The monoisotopic (exact) mass is 299 g/mol. The van der Waals surface area contributed by atoms with Gasteiger partial charge in [-0.3, -0.25) is 0 Å². The number of halogens is 1. The SMILES string of the molecule is CCc1nc(Br)cc(N2CCC(C)C2CO)n1. The average molecular weight is 300 g/mol. The van der Waals surface area contributed by atoms with E-state index in [1.54, 1.807) is 0 Å². The lowest BCUT2D eigenvalue weighted by Gasteiger charge is -2.26. The Morgan fingerprint density at radius 3 is 2.94 bits per heavy atom. The first kappa shape index (κ1) is 12.8. The zero-order chi connectivity index (χ0) is 12.4. The highest BCUT2D eigenvalue weighted by Gasteiger charge is 2.31. The van der Waals surface area contributed by atoms with Gasteiger partial charge in [0.15, 0.2) is 0 Å². The third-order valence-electron chi connectivity index (χ3n) is 3.41. The van der Waals surface area contributed by atoms with Gasteiger partial charge in [-0.15, -0.1) is 0 Å². The van der Waals surface area contributed by atoms with Crippen molar-refractivity contribution >= 4 is 21.7 Å². The summed E-state index contributed by atoms with van der Waals surface area (Å²) >= 11 is 3.42. The highest BCUT2D eigenvalue weighted by Crippen LogP contribution is 2.29. The fourth-order valence-corrected chi connectivity index (χ4v) is 2.74. The zero-order valence-electron chi connectivity index (χ0n) is 10.2. The predicted octanol–water partition coefficient (Wildman–Crippen LogP) is 2.01. The molecule has 17 heavy (non-hydrogen) atoms. The summed E-state index contributed by atoms with van der Waals surface area (Å²) in [7, 11) is 0. The van der Waals surface area contributed by atoms with Crippen LogP contribution in [0.25, 0.3) is 0 Å². The Hall–Kier alpha value is -0.680. The highest BCUT2D eigenvalue weighted by atomic mass is 79.9. The summed E-state index contributed by atoms with van der Waals surface area (Å²) in [6.07, 6.45) is 1.92. The minimum atomic E-state index is 0.182. The zero-order valence-corrected chi connectivity index (χ0v) is 11.8. The first-order valence-electron chi connectivity index (χ1n) is 6.06. The normalized spacial score (nSPS) is 24.4. The number of aliphatic hydroxyl groups is 1. The molecule has 0 saturated carbocycles. The van der Waals surface area contributed by atoms with Crippen molar-refractivity contribution in [3.63, 3.8) is 0 Å². The minimum Gasteiger partial charge on any atom is -0.394 e. The molecule has 94 valence electrons. The fraction of sp³-hybridized carbons (Fsp3) is 0.667. The second-order valence-electron chi connectivity index (χ2n) is 4.53. The van der Waals surface area contributed by atoms with Crippen LogP contribution in [0.2, 0.25) is 0 Å². The molecular weight excluding hydrogens is 282 g/mol. The molecule has 1 saturated heterocycles. The first-order chi connectivity index (χ1) is 8.15. The maximum absolute atomic E-state index is 9.47. The number of aryl methyl sites for hydroxylation is 1. The van der Waals surface area contributed by atoms with Gasteiger partial charge >= 0.3 is 0 Å². The van der Waals surface area contributed by atoms with Crippen LogP contribution in [0.4, 0.5) is 5.82 Å². The minimum absolute atomic E-state index is 0.182. The van der Waals surface area contributed by atoms with Gasteiger partial charge in [-0.1, -0.05) is 13.8 Å². The number of hydrogen-bond acceptors (Lipinski definition) is 4. The van der Waals surface area contributed by atoms with E-state index in [2.05, 4.69) is 37.7 Å². The van der Waals surface area contributed by atoms with Crippen LogP contribution in [0.5, 0.6) is 0 Å². The smallest absolute Gasteiger partial charge is 0.133 e. The Morgan fingerprint density at radius 1 is 1.53 bits per heavy atom. The van der Waals surface area contributed by atoms with Gasteiger partial charge in [0.25, 0.3) is 0 Å². The Balaban J connectivity index is 2.30. The van der Waals surface area contributed by atoms with Gasteiger partial charge in [-0.05, 0) is 28.3 Å². The summed E-state index contributed by atoms with van der Waals surface area (Å²) in [6, 6.07) is 2.11. The van der Waals surface area contributed by atoms with E-state index in [1.807, 2.05) is 13.0 Å². The first-order valence-corrected chi connectivity index (χ1v) is 6.86. The molecule has 4 nitrogen and oxygen atoms in total. The number of hydrogen-bond donors (Lipinski definition) is 1. The summed E-state index contributed by atoms with van der Waals surface area (Å²) in [5, 5.41) is 9.47. The van der Waals surface area contributed by atoms with Gasteiger partial charge in [-0.2, -0.15) is 0 Å². The largest absolute Gasteiger partial charge is 0.394 e. The molecule has 0 amide bonds.